The fraction of sp³-hybridized carbons (Fsp3) is 0.469. The van der Waals surface area contributed by atoms with Gasteiger partial charge in [0.25, 0.3) is 0 Å². The summed E-state index contributed by atoms with van der Waals surface area (Å²) in [5.74, 6) is -2.12. The molecule has 0 aromatic heterocycles. The number of quaternary nitrogens is 2. The van der Waals surface area contributed by atoms with Crippen LogP contribution in [0.25, 0.3) is 16.7 Å². The predicted molar refractivity (Wildman–Crippen MR) is 150 cm³/mol. The second-order valence-electron chi connectivity index (χ2n) is 12.8. The number of halogens is 2. The zero-order valence-electron chi connectivity index (χ0n) is 24.1. The summed E-state index contributed by atoms with van der Waals surface area (Å²) in [7, 11) is 0. The minimum absolute atomic E-state index is 0. The Morgan fingerprint density at radius 2 is 1.58 bits per heavy atom. The molecule has 0 saturated carbocycles. The van der Waals surface area contributed by atoms with Crippen LogP contribution >= 0.6 is 0 Å². The first-order chi connectivity index (χ1) is 19.7. The van der Waals surface area contributed by atoms with E-state index in [9.17, 15) is 29.7 Å². The molecule has 0 radical (unpaired) electrons. The molecule has 3 atom stereocenters. The van der Waals surface area contributed by atoms with E-state index in [1.165, 1.54) is 10.5 Å². The smallest absolute Gasteiger partial charge is 0.352 e. The molecule has 4 saturated heterocycles. The zero-order valence-corrected chi connectivity index (χ0v) is 25.7. The average molecular weight is 631 g/mol. The van der Waals surface area contributed by atoms with Gasteiger partial charge >= 0.3 is 5.97 Å². The van der Waals surface area contributed by atoms with E-state index >= 15 is 0 Å². The number of rotatable bonds is 8. The standard InChI is InChI=1S/C32H36N3O6.2ClH/c1-19(37)28-27-17-24(29(32(40)41)33(27)31(28)39)21-4-6-23-25(16-21)22-5-3-20(15-26(22)30(23)38)18-35-11-8-34(9-12-35,10-13-35)7-2-14-36;;/h3-6,15-16,19,27-28,36-37H,2,7-14,17-18H2,1H3;2*1H/q+1;;/p-1/t19-,27-,28-,34?,35?;;/m1../s1. The molecule has 5 heterocycles. The van der Waals surface area contributed by atoms with Crippen LogP contribution in [0.1, 0.15) is 46.8 Å². The number of aliphatic hydroxyl groups is 2. The number of carboxylic acids is 1. The molecule has 0 spiro atoms. The van der Waals surface area contributed by atoms with Crippen molar-refractivity contribution >= 4 is 23.2 Å². The van der Waals surface area contributed by atoms with Gasteiger partial charge in [0.15, 0.2) is 5.78 Å². The van der Waals surface area contributed by atoms with E-state index in [0.29, 0.717) is 28.7 Å². The van der Waals surface area contributed by atoms with Gasteiger partial charge in [-0.1, -0.05) is 18.2 Å². The van der Waals surface area contributed by atoms with Crippen molar-refractivity contribution in [2.75, 3.05) is 52.4 Å². The van der Waals surface area contributed by atoms with Crippen LogP contribution in [0.4, 0.5) is 0 Å². The summed E-state index contributed by atoms with van der Waals surface area (Å²) in [6.45, 7) is 10.6. The van der Waals surface area contributed by atoms with E-state index in [1.807, 2.05) is 12.1 Å². The van der Waals surface area contributed by atoms with Gasteiger partial charge in [-0.25, -0.2) is 4.79 Å². The number of fused-ring (bicyclic) bond motifs is 7. The number of hydrogen-bond donors (Lipinski definition) is 3. The normalized spacial score (nSPS) is 28.9. The lowest BCUT2D eigenvalue weighted by Crippen LogP contribution is -3.00. The minimum Gasteiger partial charge on any atom is -1.00 e. The third-order valence-corrected chi connectivity index (χ3v) is 10.6. The molecule has 1 amide bonds. The number of β-lactam (4-membered cyclic amide) rings is 1. The van der Waals surface area contributed by atoms with Crippen LogP contribution in [0.5, 0.6) is 0 Å². The summed E-state index contributed by atoms with van der Waals surface area (Å²) in [6.07, 6.45) is 0.385. The zero-order chi connectivity index (χ0) is 28.7. The van der Waals surface area contributed by atoms with Gasteiger partial charge in [0.05, 0.1) is 24.6 Å². The fourth-order valence-electron chi connectivity index (χ4n) is 8.25. The minimum atomic E-state index is -1.16. The number of aliphatic carboxylic acids is 1. The van der Waals surface area contributed by atoms with Crippen LogP contribution in [0.3, 0.4) is 0 Å². The highest BCUT2D eigenvalue weighted by Gasteiger charge is 2.57. The molecule has 3 N–H and O–H groups in total. The molecule has 8 rings (SSSR count). The molecule has 9 nitrogen and oxygen atoms in total. The Bertz CT molecular complexity index is 1510. The maximum Gasteiger partial charge on any atom is 0.352 e. The van der Waals surface area contributed by atoms with Gasteiger partial charge in [0.1, 0.15) is 51.5 Å². The largest absolute Gasteiger partial charge is 1.00 e. The number of piperazine rings is 3. The van der Waals surface area contributed by atoms with Crippen LogP contribution in [0.15, 0.2) is 42.1 Å². The molecule has 2 bridgehead atoms. The Morgan fingerprint density at radius 3 is 2.21 bits per heavy atom. The summed E-state index contributed by atoms with van der Waals surface area (Å²) in [6, 6.07) is 11.3. The number of carboxylic acid groups (broad SMARTS) is 1. The Morgan fingerprint density at radius 1 is 0.930 bits per heavy atom. The van der Waals surface area contributed by atoms with Gasteiger partial charge in [-0.05, 0) is 53.8 Å². The van der Waals surface area contributed by atoms with E-state index in [2.05, 4.69) is 12.1 Å². The number of nitrogens with zero attached hydrogens (tertiary/aromatic N) is 3. The number of amides is 1. The molecule has 0 unspecified atom stereocenters. The number of aliphatic hydroxyl groups excluding tert-OH is 2. The maximum atomic E-state index is 13.5. The van der Waals surface area contributed by atoms with Crippen molar-refractivity contribution in [3.05, 3.63) is 64.3 Å². The van der Waals surface area contributed by atoms with Gasteiger partial charge in [-0.2, -0.15) is 0 Å². The van der Waals surface area contributed by atoms with Crippen molar-refractivity contribution < 1.29 is 63.5 Å². The van der Waals surface area contributed by atoms with Crippen LogP contribution in [-0.2, 0) is 16.1 Å². The Labute approximate surface area is 263 Å². The molecule has 2 aromatic carbocycles. The topological polar surface area (TPSA) is 115 Å². The Balaban J connectivity index is 0.00000184. The number of carbonyl (C=O) groups excluding carboxylic acids is 2. The van der Waals surface area contributed by atoms with Crippen LogP contribution in [-0.4, -0.2) is 111 Å². The third kappa shape index (κ3) is 4.81. The summed E-state index contributed by atoms with van der Waals surface area (Å²) < 4.78 is 2.19. The first-order valence-electron chi connectivity index (χ1n) is 14.8. The molecule has 6 aliphatic rings. The van der Waals surface area contributed by atoms with Crippen molar-refractivity contribution in [1.29, 1.82) is 0 Å². The number of carbonyl (C=O) groups is 3. The third-order valence-electron chi connectivity index (χ3n) is 10.6. The highest BCUT2D eigenvalue weighted by atomic mass is 35.5. The van der Waals surface area contributed by atoms with Gasteiger partial charge in [-0.3, -0.25) is 9.59 Å². The summed E-state index contributed by atoms with van der Waals surface area (Å²) in [5, 5.41) is 29.4. The van der Waals surface area contributed by atoms with E-state index < -0.39 is 18.0 Å². The SMILES string of the molecule is C[C@@H](O)[C@H]1C(=O)N2C(C(=O)O)=C(c3ccc4c(c3)-c3ccc(C[N+]56CC[N+](CCCO)(CC5)CC6)cc3C4=O)C[C@H]12.[Cl-].[Cl-]. The summed E-state index contributed by atoms with van der Waals surface area (Å²) in [4.78, 5) is 39.7. The lowest BCUT2D eigenvalue weighted by atomic mass is 9.82. The van der Waals surface area contributed by atoms with Gasteiger partial charge in [0, 0.05) is 29.7 Å². The number of ketones is 1. The molecule has 43 heavy (non-hydrogen) atoms. The second-order valence-corrected chi connectivity index (χ2v) is 12.8. The van der Waals surface area contributed by atoms with Crippen molar-refractivity contribution in [2.24, 2.45) is 5.92 Å². The summed E-state index contributed by atoms with van der Waals surface area (Å²) >= 11 is 0. The predicted octanol–water partition coefficient (Wildman–Crippen LogP) is -4.14. The number of benzene rings is 2. The molecule has 230 valence electrons. The molecule has 1 aliphatic carbocycles. The van der Waals surface area contributed by atoms with Gasteiger partial charge < -0.3 is 54.0 Å². The first-order valence-corrected chi connectivity index (χ1v) is 14.8. The molecule has 11 heteroatoms. The van der Waals surface area contributed by atoms with E-state index in [-0.39, 0.29) is 54.9 Å². The maximum absolute atomic E-state index is 13.5. The first kappa shape index (κ1) is 31.6. The van der Waals surface area contributed by atoms with Gasteiger partial charge in [-0.15, -0.1) is 0 Å². The van der Waals surface area contributed by atoms with Crippen molar-refractivity contribution in [3.63, 3.8) is 0 Å². The van der Waals surface area contributed by atoms with Crippen molar-refractivity contribution in [3.8, 4) is 11.1 Å². The lowest BCUT2D eigenvalue weighted by Gasteiger charge is -2.55. The van der Waals surface area contributed by atoms with Crippen LogP contribution < -0.4 is 24.8 Å². The molecular weight excluding hydrogens is 593 g/mol. The van der Waals surface area contributed by atoms with E-state index in [4.69, 9.17) is 0 Å². The molecular formula is C32H37Cl2N3O6. The Hall–Kier alpha value is -2.79. The second kappa shape index (κ2) is 11.3. The highest BCUT2D eigenvalue weighted by molar-refractivity contribution is 6.22. The van der Waals surface area contributed by atoms with Gasteiger partial charge in [0.2, 0.25) is 5.91 Å². The molecule has 2 aromatic rings. The quantitative estimate of drug-likeness (QED) is 0.172. The van der Waals surface area contributed by atoms with Crippen molar-refractivity contribution in [2.45, 2.75) is 38.5 Å². The lowest BCUT2D eigenvalue weighted by molar-refractivity contribution is -1.09. The number of hydrogen-bond acceptors (Lipinski definition) is 5. The fourth-order valence-corrected chi connectivity index (χ4v) is 8.25. The summed E-state index contributed by atoms with van der Waals surface area (Å²) in [5.41, 5.74) is 5.39. The molecule has 4 fully saturated rings. The highest BCUT2D eigenvalue weighted by Crippen LogP contribution is 2.48. The van der Waals surface area contributed by atoms with E-state index in [1.54, 1.807) is 19.1 Å². The molecule has 5 aliphatic heterocycles. The average Bonchev–Trinajstić information content (AvgIpc) is 3.45. The van der Waals surface area contributed by atoms with Crippen LogP contribution in [0.2, 0.25) is 0 Å². The monoisotopic (exact) mass is 629 g/mol. The van der Waals surface area contributed by atoms with Crippen LogP contribution in [0, 0.1) is 5.92 Å². The van der Waals surface area contributed by atoms with Crippen molar-refractivity contribution in [1.82, 2.24) is 4.90 Å². The van der Waals surface area contributed by atoms with E-state index in [0.717, 1.165) is 78.9 Å². The Kier molecular flexibility index (Phi) is 8.30.